The first-order valence-corrected chi connectivity index (χ1v) is 4.85. The molecule has 0 aliphatic rings. The van der Waals surface area contributed by atoms with Gasteiger partial charge in [-0.3, -0.25) is 4.79 Å². The third-order valence-corrected chi connectivity index (χ3v) is 2.31. The fourth-order valence-electron chi connectivity index (χ4n) is 1.32. The first kappa shape index (κ1) is 13.1. The van der Waals surface area contributed by atoms with E-state index in [1.165, 1.54) is 7.11 Å². The predicted octanol–water partition coefficient (Wildman–Crippen LogP) is 0.916. The number of hydrogen-bond donors (Lipinski definition) is 1. The average molecular weight is 202 g/mol. The lowest BCUT2D eigenvalue weighted by atomic mass is 9.94. The van der Waals surface area contributed by atoms with Crippen molar-refractivity contribution in [1.82, 2.24) is 0 Å². The quantitative estimate of drug-likeness (QED) is 0.650. The molecular formula is C10H18O4. The Balaban J connectivity index is 4.10. The van der Waals surface area contributed by atoms with Crippen molar-refractivity contribution >= 4 is 11.8 Å². The van der Waals surface area contributed by atoms with Crippen molar-refractivity contribution in [3.63, 3.8) is 0 Å². The zero-order valence-electron chi connectivity index (χ0n) is 8.95. The number of carbonyl (C=O) groups excluding carboxylic acids is 2. The summed E-state index contributed by atoms with van der Waals surface area (Å²) < 4.78 is 4.32. The van der Waals surface area contributed by atoms with Gasteiger partial charge in [-0.1, -0.05) is 13.8 Å². The van der Waals surface area contributed by atoms with Crippen LogP contribution < -0.4 is 0 Å². The highest BCUT2D eigenvalue weighted by Crippen LogP contribution is 2.12. The first-order chi connectivity index (χ1) is 6.56. The van der Waals surface area contributed by atoms with Crippen molar-refractivity contribution in [1.29, 1.82) is 0 Å². The molecule has 14 heavy (non-hydrogen) atoms. The van der Waals surface area contributed by atoms with Gasteiger partial charge in [-0.25, -0.2) is 4.79 Å². The van der Waals surface area contributed by atoms with Gasteiger partial charge in [0, 0.05) is 12.3 Å². The molecule has 0 aromatic carbocycles. The van der Waals surface area contributed by atoms with Gasteiger partial charge in [0.2, 0.25) is 0 Å². The van der Waals surface area contributed by atoms with Crippen LogP contribution in [0.4, 0.5) is 0 Å². The Kier molecular flexibility index (Phi) is 6.12. The lowest BCUT2D eigenvalue weighted by molar-refractivity contribution is -0.152. The fourth-order valence-corrected chi connectivity index (χ4v) is 1.32. The van der Waals surface area contributed by atoms with Crippen molar-refractivity contribution in [3.8, 4) is 0 Å². The molecule has 1 unspecified atom stereocenters. The topological polar surface area (TPSA) is 63.6 Å². The molecule has 0 aromatic rings. The summed E-state index contributed by atoms with van der Waals surface area (Å²) in [5.74, 6) is -0.883. The molecule has 1 atom stereocenters. The van der Waals surface area contributed by atoms with E-state index in [0.29, 0.717) is 0 Å². The minimum Gasteiger partial charge on any atom is -0.467 e. The molecule has 0 spiro atoms. The van der Waals surface area contributed by atoms with Crippen LogP contribution in [0.25, 0.3) is 0 Å². The van der Waals surface area contributed by atoms with Gasteiger partial charge in [0.1, 0.15) is 5.78 Å². The second kappa shape index (κ2) is 6.54. The molecular weight excluding hydrogens is 184 g/mol. The molecule has 0 aliphatic heterocycles. The van der Waals surface area contributed by atoms with E-state index in [1.807, 2.05) is 13.8 Å². The zero-order chi connectivity index (χ0) is 11.1. The number of rotatable bonds is 6. The minimum atomic E-state index is -1.31. The summed E-state index contributed by atoms with van der Waals surface area (Å²) in [6.07, 6.45) is 0.0268. The van der Waals surface area contributed by atoms with Crippen LogP contribution in [0.2, 0.25) is 0 Å². The van der Waals surface area contributed by atoms with Gasteiger partial charge in [-0.15, -0.1) is 0 Å². The summed E-state index contributed by atoms with van der Waals surface area (Å²) in [5, 5.41) is 9.23. The lowest BCUT2D eigenvalue weighted by Crippen LogP contribution is -2.27. The highest BCUT2D eigenvalue weighted by atomic mass is 16.5. The predicted molar refractivity (Wildman–Crippen MR) is 51.7 cm³/mol. The molecule has 0 fully saturated rings. The van der Waals surface area contributed by atoms with Crippen LogP contribution in [0.5, 0.6) is 0 Å². The second-order valence-electron chi connectivity index (χ2n) is 3.22. The van der Waals surface area contributed by atoms with Gasteiger partial charge in [-0.05, 0) is 12.8 Å². The molecule has 0 aliphatic carbocycles. The molecule has 4 heteroatoms. The third-order valence-electron chi connectivity index (χ3n) is 2.31. The van der Waals surface area contributed by atoms with E-state index in [0.717, 1.165) is 12.8 Å². The first-order valence-electron chi connectivity index (χ1n) is 4.85. The van der Waals surface area contributed by atoms with E-state index >= 15 is 0 Å². The number of Topliss-reactive ketones (excluding diaryl/α,β-unsaturated/α-hetero) is 1. The highest BCUT2D eigenvalue weighted by molar-refractivity contribution is 5.87. The summed E-state index contributed by atoms with van der Waals surface area (Å²) in [6, 6.07) is 0. The molecule has 4 nitrogen and oxygen atoms in total. The van der Waals surface area contributed by atoms with Gasteiger partial charge in [-0.2, -0.15) is 0 Å². The van der Waals surface area contributed by atoms with E-state index in [1.54, 1.807) is 0 Å². The van der Waals surface area contributed by atoms with Crippen LogP contribution >= 0.6 is 0 Å². The number of carbonyl (C=O) groups is 2. The molecule has 0 saturated heterocycles. The smallest absolute Gasteiger partial charge is 0.335 e. The Morgan fingerprint density at radius 2 is 1.79 bits per heavy atom. The maximum absolute atomic E-state index is 11.5. The van der Waals surface area contributed by atoms with Gasteiger partial charge >= 0.3 is 5.97 Å². The summed E-state index contributed by atoms with van der Waals surface area (Å²) in [4.78, 5) is 22.3. The van der Waals surface area contributed by atoms with Crippen molar-refractivity contribution in [3.05, 3.63) is 0 Å². The highest BCUT2D eigenvalue weighted by Gasteiger charge is 2.23. The molecule has 0 amide bonds. The second-order valence-corrected chi connectivity index (χ2v) is 3.22. The molecule has 82 valence electrons. The standard InChI is InChI=1S/C10H18O4/c1-4-7(5-2)8(11)6-9(12)10(13)14-3/h7,9,12H,4-6H2,1-3H3. The minimum absolute atomic E-state index is 0.0608. The SMILES string of the molecule is CCC(CC)C(=O)CC(O)C(=O)OC. The summed E-state index contributed by atoms with van der Waals surface area (Å²) in [5.41, 5.74) is 0. The van der Waals surface area contributed by atoms with Crippen LogP contribution in [0.1, 0.15) is 33.1 Å². The molecule has 1 N–H and O–H groups in total. The van der Waals surface area contributed by atoms with Crippen LogP contribution in [0, 0.1) is 5.92 Å². The molecule has 0 heterocycles. The maximum atomic E-state index is 11.5. The van der Waals surface area contributed by atoms with Gasteiger partial charge in [0.25, 0.3) is 0 Å². The molecule has 0 radical (unpaired) electrons. The van der Waals surface area contributed by atoms with Crippen molar-refractivity contribution in [2.75, 3.05) is 7.11 Å². The van der Waals surface area contributed by atoms with E-state index < -0.39 is 12.1 Å². The number of ether oxygens (including phenoxy) is 1. The van der Waals surface area contributed by atoms with E-state index in [2.05, 4.69) is 4.74 Å². The lowest BCUT2D eigenvalue weighted by Gasteiger charge is -2.13. The Morgan fingerprint density at radius 1 is 1.29 bits per heavy atom. The number of methoxy groups -OCH3 is 1. The van der Waals surface area contributed by atoms with Crippen molar-refractivity contribution < 1.29 is 19.4 Å². The van der Waals surface area contributed by atoms with E-state index in [-0.39, 0.29) is 18.1 Å². The number of aliphatic hydroxyl groups is 1. The molecule has 0 aromatic heterocycles. The average Bonchev–Trinajstić information content (AvgIpc) is 2.18. The van der Waals surface area contributed by atoms with Gasteiger partial charge in [0.15, 0.2) is 6.10 Å². The van der Waals surface area contributed by atoms with Gasteiger partial charge < -0.3 is 9.84 Å². The Labute approximate surface area is 84.3 Å². The summed E-state index contributed by atoms with van der Waals surface area (Å²) in [6.45, 7) is 3.83. The van der Waals surface area contributed by atoms with E-state index in [9.17, 15) is 14.7 Å². The number of aliphatic hydroxyl groups excluding tert-OH is 1. The Bertz CT molecular complexity index is 196. The van der Waals surface area contributed by atoms with Crippen LogP contribution in [0.3, 0.4) is 0 Å². The monoisotopic (exact) mass is 202 g/mol. The number of esters is 1. The molecule has 0 bridgehead atoms. The normalized spacial score (nSPS) is 12.6. The van der Waals surface area contributed by atoms with Gasteiger partial charge in [0.05, 0.1) is 7.11 Å². The van der Waals surface area contributed by atoms with E-state index in [4.69, 9.17) is 0 Å². The van der Waals surface area contributed by atoms with Crippen LogP contribution in [0.15, 0.2) is 0 Å². The maximum Gasteiger partial charge on any atom is 0.335 e. The van der Waals surface area contributed by atoms with Crippen LogP contribution in [-0.2, 0) is 14.3 Å². The van der Waals surface area contributed by atoms with Crippen molar-refractivity contribution in [2.45, 2.75) is 39.2 Å². The molecule has 0 saturated carbocycles. The Morgan fingerprint density at radius 3 is 2.14 bits per heavy atom. The third kappa shape index (κ3) is 3.87. The Hall–Kier alpha value is -0.900. The fraction of sp³-hybridized carbons (Fsp3) is 0.800. The van der Waals surface area contributed by atoms with Crippen LogP contribution in [-0.4, -0.2) is 30.1 Å². The zero-order valence-corrected chi connectivity index (χ0v) is 8.95. The number of hydrogen-bond acceptors (Lipinski definition) is 4. The largest absolute Gasteiger partial charge is 0.467 e. The van der Waals surface area contributed by atoms with Crippen molar-refractivity contribution in [2.24, 2.45) is 5.92 Å². The summed E-state index contributed by atoms with van der Waals surface area (Å²) in [7, 11) is 1.19. The summed E-state index contributed by atoms with van der Waals surface area (Å²) >= 11 is 0. The molecule has 0 rings (SSSR count). The number of ketones is 1.